The number of hydrogen-bond acceptors (Lipinski definition) is 5. The first kappa shape index (κ1) is 18.6. The summed E-state index contributed by atoms with van der Waals surface area (Å²) in [5.74, 6) is 2.47. The highest BCUT2D eigenvalue weighted by molar-refractivity contribution is 5.94. The average Bonchev–Trinajstić information content (AvgIpc) is 2.73. The summed E-state index contributed by atoms with van der Waals surface area (Å²) in [6.45, 7) is 4.96. The molecule has 0 radical (unpaired) electrons. The Morgan fingerprint density at radius 3 is 2.39 bits per heavy atom. The van der Waals surface area contributed by atoms with Crippen molar-refractivity contribution in [3.8, 4) is 11.5 Å². The number of aryl methyl sites for hydroxylation is 1. The first-order chi connectivity index (χ1) is 13.6. The molecule has 3 aromatic rings. The molecule has 2 aromatic carbocycles. The summed E-state index contributed by atoms with van der Waals surface area (Å²) < 4.78 is 11.0. The summed E-state index contributed by atoms with van der Waals surface area (Å²) in [5.41, 5.74) is 2.63. The second-order valence-corrected chi connectivity index (χ2v) is 7.42. The van der Waals surface area contributed by atoms with E-state index < -0.39 is 0 Å². The van der Waals surface area contributed by atoms with Crippen LogP contribution in [0.4, 0.5) is 5.82 Å². The fraction of sp³-hybridized carbons (Fsp3) is 0.348. The molecule has 146 valence electrons. The van der Waals surface area contributed by atoms with Crippen molar-refractivity contribution in [1.29, 1.82) is 0 Å². The van der Waals surface area contributed by atoms with Gasteiger partial charge in [0, 0.05) is 31.2 Å². The van der Waals surface area contributed by atoms with Crippen LogP contribution in [0, 0.1) is 6.92 Å². The van der Waals surface area contributed by atoms with Crippen molar-refractivity contribution in [3.63, 3.8) is 0 Å². The fourth-order valence-corrected chi connectivity index (χ4v) is 3.95. The molecule has 1 aliphatic heterocycles. The minimum absolute atomic E-state index is 0.339. The van der Waals surface area contributed by atoms with E-state index in [0.717, 1.165) is 47.7 Å². The molecule has 0 amide bonds. The van der Waals surface area contributed by atoms with Gasteiger partial charge in [-0.15, -0.1) is 0 Å². The molecule has 1 fully saturated rings. The van der Waals surface area contributed by atoms with Crippen LogP contribution in [0.15, 0.2) is 48.7 Å². The van der Waals surface area contributed by atoms with Crippen molar-refractivity contribution in [3.05, 3.63) is 59.8 Å². The van der Waals surface area contributed by atoms with Crippen LogP contribution in [0.5, 0.6) is 11.5 Å². The monoisotopic (exact) mass is 377 g/mol. The lowest BCUT2D eigenvalue weighted by molar-refractivity contribution is 0.221. The minimum Gasteiger partial charge on any atom is -0.493 e. The Bertz CT molecular complexity index is 971. The maximum Gasteiger partial charge on any atom is 0.161 e. The van der Waals surface area contributed by atoms with Gasteiger partial charge in [0.15, 0.2) is 11.5 Å². The number of methoxy groups -OCH3 is 2. The van der Waals surface area contributed by atoms with Crippen LogP contribution in [0.3, 0.4) is 0 Å². The smallest absolute Gasteiger partial charge is 0.161 e. The molecule has 0 N–H and O–H groups in total. The van der Waals surface area contributed by atoms with Crippen LogP contribution in [-0.2, 0) is 0 Å². The largest absolute Gasteiger partial charge is 0.493 e. The summed E-state index contributed by atoms with van der Waals surface area (Å²) in [7, 11) is 5.54. The molecule has 28 heavy (non-hydrogen) atoms. The van der Waals surface area contributed by atoms with Crippen molar-refractivity contribution < 1.29 is 9.47 Å². The number of ether oxygens (including phenoxy) is 2. The molecular formula is C23H27N3O2. The van der Waals surface area contributed by atoms with Crippen molar-refractivity contribution in [2.45, 2.75) is 13.0 Å². The number of aromatic nitrogens is 1. The zero-order chi connectivity index (χ0) is 19.7. The molecule has 0 spiro atoms. The Balaban J connectivity index is 1.72. The van der Waals surface area contributed by atoms with Gasteiger partial charge in [-0.05, 0) is 43.1 Å². The fourth-order valence-electron chi connectivity index (χ4n) is 3.95. The van der Waals surface area contributed by atoms with Gasteiger partial charge in [-0.3, -0.25) is 4.90 Å². The molecule has 1 unspecified atom stereocenters. The highest BCUT2D eigenvalue weighted by Gasteiger charge is 2.27. The Kier molecular flexibility index (Phi) is 5.09. The van der Waals surface area contributed by atoms with Gasteiger partial charge in [-0.25, -0.2) is 4.98 Å². The van der Waals surface area contributed by atoms with Crippen LogP contribution in [0.25, 0.3) is 10.8 Å². The predicted molar refractivity (Wildman–Crippen MR) is 114 cm³/mol. The van der Waals surface area contributed by atoms with Gasteiger partial charge in [-0.2, -0.15) is 0 Å². The van der Waals surface area contributed by atoms with E-state index in [4.69, 9.17) is 14.5 Å². The molecule has 1 atom stereocenters. The van der Waals surface area contributed by atoms with Crippen LogP contribution >= 0.6 is 0 Å². The minimum atomic E-state index is 0.339. The summed E-state index contributed by atoms with van der Waals surface area (Å²) in [5, 5.41) is 2.20. The second-order valence-electron chi connectivity index (χ2n) is 7.42. The highest BCUT2D eigenvalue weighted by Crippen LogP contribution is 2.37. The van der Waals surface area contributed by atoms with E-state index in [-0.39, 0.29) is 0 Å². The third-order valence-electron chi connectivity index (χ3n) is 5.66. The highest BCUT2D eigenvalue weighted by atomic mass is 16.5. The van der Waals surface area contributed by atoms with Gasteiger partial charge in [0.05, 0.1) is 20.3 Å². The van der Waals surface area contributed by atoms with Crippen molar-refractivity contribution >= 4 is 16.6 Å². The summed E-state index contributed by atoms with van der Waals surface area (Å²) in [4.78, 5) is 9.55. The van der Waals surface area contributed by atoms with Gasteiger partial charge >= 0.3 is 0 Å². The molecule has 0 bridgehead atoms. The lowest BCUT2D eigenvalue weighted by atomic mass is 10.0. The van der Waals surface area contributed by atoms with E-state index in [1.807, 2.05) is 24.4 Å². The van der Waals surface area contributed by atoms with Crippen LogP contribution in [-0.4, -0.2) is 50.8 Å². The van der Waals surface area contributed by atoms with Crippen molar-refractivity contribution in [2.75, 3.05) is 45.8 Å². The SMILES string of the molecule is COc1cc2ccnc(N3CCN(C)C(c4ccc(C)cc4)C3)c2cc1OC. The Hall–Kier alpha value is -2.79. The number of fused-ring (bicyclic) bond motifs is 1. The number of nitrogens with zero attached hydrogens (tertiary/aromatic N) is 3. The lowest BCUT2D eigenvalue weighted by Gasteiger charge is -2.40. The Morgan fingerprint density at radius 1 is 0.964 bits per heavy atom. The van der Waals surface area contributed by atoms with Crippen LogP contribution in [0.2, 0.25) is 0 Å². The van der Waals surface area contributed by atoms with Crippen LogP contribution < -0.4 is 14.4 Å². The number of rotatable bonds is 4. The summed E-state index contributed by atoms with van der Waals surface area (Å²) in [6.07, 6.45) is 1.88. The Labute approximate surface area is 166 Å². The number of likely N-dealkylation sites (N-methyl/N-ethyl adjacent to an activating group) is 1. The average molecular weight is 377 g/mol. The third-order valence-corrected chi connectivity index (χ3v) is 5.66. The molecular weight excluding hydrogens is 350 g/mol. The maximum absolute atomic E-state index is 5.53. The van der Waals surface area contributed by atoms with Crippen molar-refractivity contribution in [1.82, 2.24) is 9.88 Å². The van der Waals surface area contributed by atoms with E-state index in [2.05, 4.69) is 48.0 Å². The first-order valence-electron chi connectivity index (χ1n) is 9.63. The van der Waals surface area contributed by atoms with E-state index in [0.29, 0.717) is 6.04 Å². The first-order valence-corrected chi connectivity index (χ1v) is 9.63. The normalized spacial score (nSPS) is 17.7. The van der Waals surface area contributed by atoms with E-state index >= 15 is 0 Å². The zero-order valence-electron chi connectivity index (χ0n) is 17.0. The summed E-state index contributed by atoms with van der Waals surface area (Å²) >= 11 is 0. The number of piperazine rings is 1. The van der Waals surface area contributed by atoms with Gasteiger partial charge in [0.1, 0.15) is 5.82 Å². The van der Waals surface area contributed by atoms with Crippen molar-refractivity contribution in [2.24, 2.45) is 0 Å². The molecule has 2 heterocycles. The van der Waals surface area contributed by atoms with Gasteiger partial charge in [0.25, 0.3) is 0 Å². The number of benzene rings is 2. The van der Waals surface area contributed by atoms with Gasteiger partial charge in [0.2, 0.25) is 0 Å². The maximum atomic E-state index is 5.53. The molecule has 1 aromatic heterocycles. The molecule has 5 heteroatoms. The van der Waals surface area contributed by atoms with Gasteiger partial charge in [-0.1, -0.05) is 29.8 Å². The molecule has 5 nitrogen and oxygen atoms in total. The number of hydrogen-bond donors (Lipinski definition) is 0. The van der Waals surface area contributed by atoms with Gasteiger partial charge < -0.3 is 14.4 Å². The third kappa shape index (κ3) is 3.38. The standard InChI is InChI=1S/C23H27N3O2/c1-16-5-7-17(8-6-16)20-15-26(12-11-25(20)2)23-19-14-22(28-4)21(27-3)13-18(19)9-10-24-23/h5-10,13-14,20H,11-12,15H2,1-4H3. The molecule has 1 aliphatic rings. The second kappa shape index (κ2) is 7.68. The molecule has 0 saturated carbocycles. The predicted octanol–water partition coefficient (Wildman–Crippen LogP) is 4.05. The quantitative estimate of drug-likeness (QED) is 0.686. The van der Waals surface area contributed by atoms with E-state index in [1.165, 1.54) is 11.1 Å². The molecule has 4 rings (SSSR count). The lowest BCUT2D eigenvalue weighted by Crippen LogP contribution is -2.47. The number of anilines is 1. The number of pyridine rings is 1. The topological polar surface area (TPSA) is 37.8 Å². The van der Waals surface area contributed by atoms with Crippen LogP contribution in [0.1, 0.15) is 17.2 Å². The molecule has 0 aliphatic carbocycles. The molecule has 1 saturated heterocycles. The van der Waals surface area contributed by atoms with E-state index in [1.54, 1.807) is 14.2 Å². The van der Waals surface area contributed by atoms with E-state index in [9.17, 15) is 0 Å². The zero-order valence-corrected chi connectivity index (χ0v) is 17.0. The Morgan fingerprint density at radius 2 is 1.68 bits per heavy atom. The summed E-state index contributed by atoms with van der Waals surface area (Å²) in [6, 6.07) is 15.3.